The number of halogens is 2. The van der Waals surface area contributed by atoms with Crippen LogP contribution < -0.4 is 5.32 Å². The van der Waals surface area contributed by atoms with Gasteiger partial charge in [-0.2, -0.15) is 4.98 Å². The lowest BCUT2D eigenvalue weighted by Crippen LogP contribution is -2.28. The van der Waals surface area contributed by atoms with Gasteiger partial charge in [-0.3, -0.25) is 0 Å². The largest absolute Gasteiger partial charge is 0.393 e. The third-order valence-corrected chi connectivity index (χ3v) is 3.51. The van der Waals surface area contributed by atoms with Crippen LogP contribution in [0, 0.1) is 0 Å². The van der Waals surface area contributed by atoms with E-state index in [1.54, 1.807) is 6.20 Å². The number of aromatic nitrogens is 2. The molecule has 0 atom stereocenters. The van der Waals surface area contributed by atoms with Crippen molar-refractivity contribution in [3.63, 3.8) is 0 Å². The highest BCUT2D eigenvalue weighted by Gasteiger charge is 2.20. The van der Waals surface area contributed by atoms with Crippen molar-refractivity contribution in [2.75, 3.05) is 5.32 Å². The average molecular weight is 307 g/mol. The summed E-state index contributed by atoms with van der Waals surface area (Å²) in [6.07, 6.45) is 5.08. The molecule has 0 radical (unpaired) electrons. The van der Waals surface area contributed by atoms with Gasteiger partial charge in [-0.25, -0.2) is 4.98 Å². The average Bonchev–Trinajstić information content (AvgIpc) is 2.27. The fourth-order valence-corrected chi connectivity index (χ4v) is 2.30. The summed E-state index contributed by atoms with van der Waals surface area (Å²) in [7, 11) is 0. The van der Waals surface area contributed by atoms with Crippen LogP contribution in [0.5, 0.6) is 0 Å². The van der Waals surface area contributed by atoms with E-state index >= 15 is 0 Å². The Hall–Kier alpha value is -0.390. The Bertz CT molecular complexity index is 369. The zero-order valence-electron chi connectivity index (χ0n) is 8.66. The molecule has 88 valence electrons. The molecular weight excluding hydrogens is 293 g/mol. The molecule has 4 nitrogen and oxygen atoms in total. The summed E-state index contributed by atoms with van der Waals surface area (Å²) >= 11 is 9.11. The Morgan fingerprint density at radius 3 is 2.75 bits per heavy atom. The van der Waals surface area contributed by atoms with Crippen molar-refractivity contribution < 1.29 is 5.11 Å². The third-order valence-electron chi connectivity index (χ3n) is 2.75. The van der Waals surface area contributed by atoms with Gasteiger partial charge in [-0.05, 0) is 53.2 Å². The lowest BCUT2D eigenvalue weighted by Gasteiger charge is -2.26. The van der Waals surface area contributed by atoms with Crippen molar-refractivity contribution in [3.8, 4) is 0 Å². The molecule has 1 saturated carbocycles. The standard InChI is InChI=1S/C10H13BrClN3O/c11-8-5-13-10(12)15-9(8)14-6-1-3-7(16)4-2-6/h5-7,16H,1-4H2,(H,13,14,15)/t6-,7+. The first-order valence-corrected chi connectivity index (χ1v) is 6.45. The van der Waals surface area contributed by atoms with Gasteiger partial charge in [0.1, 0.15) is 5.82 Å². The Morgan fingerprint density at radius 2 is 2.06 bits per heavy atom. The summed E-state index contributed by atoms with van der Waals surface area (Å²) in [5, 5.41) is 13.0. The highest BCUT2D eigenvalue weighted by Crippen LogP contribution is 2.25. The first-order valence-electron chi connectivity index (χ1n) is 5.28. The molecule has 16 heavy (non-hydrogen) atoms. The first kappa shape index (κ1) is 12.1. The summed E-state index contributed by atoms with van der Waals surface area (Å²) in [5.74, 6) is 0.724. The number of nitrogens with zero attached hydrogens (tertiary/aromatic N) is 2. The van der Waals surface area contributed by atoms with Gasteiger partial charge in [0.25, 0.3) is 0 Å². The smallest absolute Gasteiger partial charge is 0.224 e. The zero-order chi connectivity index (χ0) is 11.5. The van der Waals surface area contributed by atoms with E-state index in [2.05, 4.69) is 31.2 Å². The molecule has 1 fully saturated rings. The molecule has 0 saturated heterocycles. The third kappa shape index (κ3) is 3.06. The molecule has 1 aliphatic carbocycles. The molecule has 0 spiro atoms. The fraction of sp³-hybridized carbons (Fsp3) is 0.600. The maximum Gasteiger partial charge on any atom is 0.224 e. The fourth-order valence-electron chi connectivity index (χ4n) is 1.86. The van der Waals surface area contributed by atoms with Crippen LogP contribution in [-0.2, 0) is 0 Å². The monoisotopic (exact) mass is 305 g/mol. The Kier molecular flexibility index (Phi) is 4.00. The molecule has 0 bridgehead atoms. The van der Waals surface area contributed by atoms with Crippen LogP contribution in [0.15, 0.2) is 10.7 Å². The second-order valence-corrected chi connectivity index (χ2v) is 5.18. The highest BCUT2D eigenvalue weighted by molar-refractivity contribution is 9.10. The molecule has 1 heterocycles. The molecule has 1 aromatic heterocycles. The van der Waals surface area contributed by atoms with E-state index in [1.807, 2.05) is 0 Å². The zero-order valence-corrected chi connectivity index (χ0v) is 11.0. The lowest BCUT2D eigenvalue weighted by molar-refractivity contribution is 0.126. The lowest BCUT2D eigenvalue weighted by atomic mass is 9.93. The van der Waals surface area contributed by atoms with Crippen molar-refractivity contribution >= 4 is 33.3 Å². The molecule has 1 aliphatic rings. The minimum absolute atomic E-state index is 0.143. The van der Waals surface area contributed by atoms with Crippen LogP contribution in [0.1, 0.15) is 25.7 Å². The molecule has 0 aromatic carbocycles. The van der Waals surface area contributed by atoms with E-state index in [0.717, 1.165) is 36.0 Å². The van der Waals surface area contributed by atoms with Crippen molar-refractivity contribution in [1.29, 1.82) is 0 Å². The van der Waals surface area contributed by atoms with E-state index in [4.69, 9.17) is 11.6 Å². The number of aliphatic hydroxyl groups excluding tert-OH is 1. The van der Waals surface area contributed by atoms with Crippen LogP contribution in [-0.4, -0.2) is 27.2 Å². The van der Waals surface area contributed by atoms with Crippen LogP contribution in [0.4, 0.5) is 5.82 Å². The summed E-state index contributed by atoms with van der Waals surface area (Å²) < 4.78 is 0.808. The highest BCUT2D eigenvalue weighted by atomic mass is 79.9. The van der Waals surface area contributed by atoms with Crippen LogP contribution in [0.2, 0.25) is 5.28 Å². The van der Waals surface area contributed by atoms with Gasteiger partial charge in [0.15, 0.2) is 0 Å². The van der Waals surface area contributed by atoms with E-state index in [1.165, 1.54) is 0 Å². The topological polar surface area (TPSA) is 58.0 Å². The number of nitrogens with one attached hydrogen (secondary N) is 1. The molecule has 0 aliphatic heterocycles. The van der Waals surface area contributed by atoms with Gasteiger partial charge >= 0.3 is 0 Å². The number of rotatable bonds is 2. The van der Waals surface area contributed by atoms with Gasteiger partial charge < -0.3 is 10.4 Å². The Balaban J connectivity index is 2.00. The normalized spacial score (nSPS) is 25.4. The van der Waals surface area contributed by atoms with Crippen molar-refractivity contribution in [1.82, 2.24) is 9.97 Å². The molecule has 1 aromatic rings. The first-order chi connectivity index (χ1) is 7.65. The second kappa shape index (κ2) is 5.29. The van der Waals surface area contributed by atoms with Gasteiger partial charge in [0.2, 0.25) is 5.28 Å². The van der Waals surface area contributed by atoms with E-state index < -0.39 is 0 Å². The van der Waals surface area contributed by atoms with Crippen LogP contribution in [0.3, 0.4) is 0 Å². The van der Waals surface area contributed by atoms with E-state index in [9.17, 15) is 5.11 Å². The van der Waals surface area contributed by atoms with Crippen LogP contribution >= 0.6 is 27.5 Å². The second-order valence-electron chi connectivity index (χ2n) is 3.99. The van der Waals surface area contributed by atoms with Crippen LogP contribution in [0.25, 0.3) is 0 Å². The van der Waals surface area contributed by atoms with Crippen molar-refractivity contribution in [3.05, 3.63) is 16.0 Å². The van der Waals surface area contributed by atoms with Crippen molar-refractivity contribution in [2.45, 2.75) is 37.8 Å². The Labute approximate surface area is 108 Å². The Morgan fingerprint density at radius 1 is 1.38 bits per heavy atom. The maximum absolute atomic E-state index is 9.41. The summed E-state index contributed by atoms with van der Waals surface area (Å²) in [4.78, 5) is 7.99. The molecule has 0 amide bonds. The maximum atomic E-state index is 9.41. The summed E-state index contributed by atoms with van der Waals surface area (Å²) in [6, 6.07) is 0.352. The predicted octanol–water partition coefficient (Wildman–Crippen LogP) is 2.61. The van der Waals surface area contributed by atoms with E-state index in [-0.39, 0.29) is 11.4 Å². The minimum Gasteiger partial charge on any atom is -0.393 e. The number of anilines is 1. The van der Waals surface area contributed by atoms with Gasteiger partial charge in [-0.15, -0.1) is 0 Å². The van der Waals surface area contributed by atoms with Gasteiger partial charge in [0.05, 0.1) is 10.6 Å². The molecule has 2 rings (SSSR count). The SMILES string of the molecule is O[C@H]1CC[C@@H](Nc2nc(Cl)ncc2Br)CC1. The predicted molar refractivity (Wildman–Crippen MR) is 66.6 cm³/mol. The minimum atomic E-state index is -0.143. The summed E-state index contributed by atoms with van der Waals surface area (Å²) in [5.41, 5.74) is 0. The molecule has 6 heteroatoms. The molecule has 0 unspecified atom stereocenters. The quantitative estimate of drug-likeness (QED) is 0.825. The van der Waals surface area contributed by atoms with Crippen molar-refractivity contribution in [2.24, 2.45) is 0 Å². The van der Waals surface area contributed by atoms with Gasteiger partial charge in [0, 0.05) is 12.2 Å². The summed E-state index contributed by atoms with van der Waals surface area (Å²) in [6.45, 7) is 0. The van der Waals surface area contributed by atoms with Gasteiger partial charge in [-0.1, -0.05) is 0 Å². The molecule has 2 N–H and O–H groups in total. The number of aliphatic hydroxyl groups is 1. The molecular formula is C10H13BrClN3O. The number of hydrogen-bond acceptors (Lipinski definition) is 4. The number of hydrogen-bond donors (Lipinski definition) is 2. The van der Waals surface area contributed by atoms with E-state index in [0.29, 0.717) is 6.04 Å².